The number of aromatic nitrogens is 3. The average molecular weight is 422 g/mol. The molecule has 3 heterocycles. The van der Waals surface area contributed by atoms with Crippen LogP contribution in [0.1, 0.15) is 20.8 Å². The first-order valence-electron chi connectivity index (χ1n) is 10.3. The van der Waals surface area contributed by atoms with Gasteiger partial charge in [0.2, 0.25) is 5.95 Å². The van der Waals surface area contributed by atoms with Gasteiger partial charge in [0.15, 0.2) is 5.65 Å². The Morgan fingerprint density at radius 1 is 1.03 bits per heavy atom. The highest BCUT2D eigenvalue weighted by Crippen LogP contribution is 2.22. The Bertz CT molecular complexity index is 1070. The molecule has 4 rings (SSSR count). The van der Waals surface area contributed by atoms with E-state index in [-0.39, 0.29) is 6.09 Å². The van der Waals surface area contributed by atoms with E-state index in [1.807, 2.05) is 51.1 Å². The lowest BCUT2D eigenvalue weighted by Gasteiger charge is -2.36. The molecule has 0 spiro atoms. The number of carbonyl (C=O) groups is 1. The van der Waals surface area contributed by atoms with Crippen molar-refractivity contribution in [1.82, 2.24) is 19.9 Å². The first kappa shape index (κ1) is 20.6. The Balaban J connectivity index is 1.36. The second-order valence-corrected chi connectivity index (χ2v) is 8.47. The average Bonchev–Trinajstić information content (AvgIpc) is 2.73. The molecule has 0 atom stereocenters. The van der Waals surface area contributed by atoms with Crippen LogP contribution in [0.3, 0.4) is 0 Å². The van der Waals surface area contributed by atoms with Crippen molar-refractivity contribution in [2.45, 2.75) is 26.4 Å². The van der Waals surface area contributed by atoms with Crippen LogP contribution < -0.4 is 16.0 Å². The van der Waals surface area contributed by atoms with E-state index in [9.17, 15) is 4.79 Å². The number of rotatable bonds is 3. The van der Waals surface area contributed by atoms with Gasteiger partial charge in [-0.2, -0.15) is 4.98 Å². The van der Waals surface area contributed by atoms with Crippen molar-refractivity contribution in [3.05, 3.63) is 42.6 Å². The van der Waals surface area contributed by atoms with Crippen LogP contribution in [0.5, 0.6) is 0 Å². The van der Waals surface area contributed by atoms with E-state index in [4.69, 9.17) is 10.5 Å². The summed E-state index contributed by atoms with van der Waals surface area (Å²) in [5.74, 6) is 0.887. The van der Waals surface area contributed by atoms with Crippen LogP contribution in [0.4, 0.5) is 27.9 Å². The molecule has 0 unspecified atom stereocenters. The number of ether oxygens (including phenoxy) is 1. The van der Waals surface area contributed by atoms with Crippen LogP contribution in [0.2, 0.25) is 0 Å². The third kappa shape index (κ3) is 5.11. The van der Waals surface area contributed by atoms with Crippen molar-refractivity contribution in [1.29, 1.82) is 0 Å². The Labute approximate surface area is 181 Å². The molecule has 0 radical (unpaired) electrons. The summed E-state index contributed by atoms with van der Waals surface area (Å²) in [6.07, 6.45) is 1.47. The highest BCUT2D eigenvalue weighted by molar-refractivity contribution is 5.77. The number of pyridine rings is 1. The first-order chi connectivity index (χ1) is 14.8. The fourth-order valence-corrected chi connectivity index (χ4v) is 3.34. The number of nitrogens with one attached hydrogen (secondary N) is 1. The molecule has 3 aromatic rings. The molecule has 1 saturated heterocycles. The fraction of sp³-hybridized carbons (Fsp3) is 0.364. The number of benzene rings is 1. The molecular weight excluding hydrogens is 394 g/mol. The second-order valence-electron chi connectivity index (χ2n) is 8.47. The molecule has 2 aromatic heterocycles. The quantitative estimate of drug-likeness (QED) is 0.662. The number of fused-ring (bicyclic) bond motifs is 1. The van der Waals surface area contributed by atoms with Gasteiger partial charge in [0, 0.05) is 49.1 Å². The number of anilines is 4. The summed E-state index contributed by atoms with van der Waals surface area (Å²) in [5, 5.41) is 4.03. The number of hydrogen-bond acceptors (Lipinski definition) is 8. The zero-order valence-electron chi connectivity index (χ0n) is 18.0. The highest BCUT2D eigenvalue weighted by Gasteiger charge is 2.25. The van der Waals surface area contributed by atoms with E-state index < -0.39 is 5.60 Å². The van der Waals surface area contributed by atoms with Gasteiger partial charge in [0.05, 0.1) is 0 Å². The molecule has 162 valence electrons. The smallest absolute Gasteiger partial charge is 0.410 e. The Morgan fingerprint density at radius 2 is 1.74 bits per heavy atom. The molecule has 9 heteroatoms. The van der Waals surface area contributed by atoms with Gasteiger partial charge >= 0.3 is 6.09 Å². The van der Waals surface area contributed by atoms with Crippen molar-refractivity contribution in [3.8, 4) is 0 Å². The number of nitrogens with two attached hydrogens (primary N) is 1. The monoisotopic (exact) mass is 421 g/mol. The van der Waals surface area contributed by atoms with Crippen molar-refractivity contribution in [2.75, 3.05) is 42.1 Å². The molecule has 1 aliphatic heterocycles. The minimum Gasteiger partial charge on any atom is -0.444 e. The maximum Gasteiger partial charge on any atom is 0.410 e. The summed E-state index contributed by atoms with van der Waals surface area (Å²) in [7, 11) is 0. The van der Waals surface area contributed by atoms with Crippen molar-refractivity contribution in [2.24, 2.45) is 0 Å². The van der Waals surface area contributed by atoms with Gasteiger partial charge in [-0.15, -0.1) is 0 Å². The predicted molar refractivity (Wildman–Crippen MR) is 121 cm³/mol. The lowest BCUT2D eigenvalue weighted by atomic mass is 10.2. The molecule has 9 nitrogen and oxygen atoms in total. The topological polar surface area (TPSA) is 110 Å². The van der Waals surface area contributed by atoms with E-state index in [1.165, 1.54) is 0 Å². The minimum atomic E-state index is -0.478. The van der Waals surface area contributed by atoms with Crippen molar-refractivity contribution >= 4 is 40.3 Å². The fourth-order valence-electron chi connectivity index (χ4n) is 3.34. The van der Waals surface area contributed by atoms with Crippen LogP contribution in [-0.2, 0) is 4.74 Å². The van der Waals surface area contributed by atoms with Gasteiger partial charge in [-0.05, 0) is 57.2 Å². The SMILES string of the molecule is CC(C)(C)OC(=O)N1CCN(c2ccc(Nc3ncc4ccc(N)nc4n3)cc2)CC1. The van der Waals surface area contributed by atoms with E-state index in [2.05, 4.69) is 25.2 Å². The summed E-state index contributed by atoms with van der Waals surface area (Å²) in [4.78, 5) is 29.2. The number of piperazine rings is 1. The maximum absolute atomic E-state index is 12.2. The Morgan fingerprint density at radius 3 is 2.42 bits per heavy atom. The van der Waals surface area contributed by atoms with E-state index in [1.54, 1.807) is 17.2 Å². The second kappa shape index (κ2) is 8.25. The summed E-state index contributed by atoms with van der Waals surface area (Å²) in [5.41, 5.74) is 7.79. The standard InChI is InChI=1S/C22H27N7O2/c1-22(2,3)31-21(30)29-12-10-28(11-13-29)17-7-5-16(6-8-17)25-20-24-14-15-4-9-18(23)26-19(15)27-20/h4-9,14H,10-13H2,1-3H3,(H3,23,24,25,26,27). The zero-order valence-corrected chi connectivity index (χ0v) is 18.0. The number of carbonyl (C=O) groups excluding carboxylic acids is 1. The molecule has 0 aliphatic carbocycles. The molecule has 0 bridgehead atoms. The van der Waals surface area contributed by atoms with E-state index >= 15 is 0 Å². The van der Waals surface area contributed by atoms with Gasteiger partial charge in [-0.25, -0.2) is 14.8 Å². The van der Waals surface area contributed by atoms with Crippen LogP contribution in [0.25, 0.3) is 11.0 Å². The summed E-state index contributed by atoms with van der Waals surface area (Å²) in [6.45, 7) is 8.43. The summed E-state index contributed by atoms with van der Waals surface area (Å²) < 4.78 is 5.46. The van der Waals surface area contributed by atoms with Crippen molar-refractivity contribution in [3.63, 3.8) is 0 Å². The molecule has 3 N–H and O–H groups in total. The largest absolute Gasteiger partial charge is 0.444 e. The Kier molecular flexibility index (Phi) is 5.50. The molecule has 1 amide bonds. The molecule has 1 aromatic carbocycles. The molecule has 0 saturated carbocycles. The minimum absolute atomic E-state index is 0.252. The molecule has 1 fully saturated rings. The number of hydrogen-bond donors (Lipinski definition) is 2. The van der Waals surface area contributed by atoms with Crippen LogP contribution in [0.15, 0.2) is 42.6 Å². The van der Waals surface area contributed by atoms with E-state index in [0.717, 1.165) is 29.9 Å². The lowest BCUT2D eigenvalue weighted by Crippen LogP contribution is -2.50. The first-order valence-corrected chi connectivity index (χ1v) is 10.3. The Hall–Kier alpha value is -3.62. The summed E-state index contributed by atoms with van der Waals surface area (Å²) in [6, 6.07) is 11.6. The molecule has 31 heavy (non-hydrogen) atoms. The predicted octanol–water partition coefficient (Wildman–Crippen LogP) is 3.41. The summed E-state index contributed by atoms with van der Waals surface area (Å²) >= 11 is 0. The van der Waals surface area contributed by atoms with Crippen LogP contribution >= 0.6 is 0 Å². The number of amides is 1. The number of nitrogen functional groups attached to an aromatic ring is 1. The van der Waals surface area contributed by atoms with Crippen LogP contribution in [-0.4, -0.2) is 57.7 Å². The van der Waals surface area contributed by atoms with Gasteiger partial charge in [0.25, 0.3) is 0 Å². The highest BCUT2D eigenvalue weighted by atomic mass is 16.6. The number of nitrogens with zero attached hydrogens (tertiary/aromatic N) is 5. The zero-order chi connectivity index (χ0) is 22.0. The van der Waals surface area contributed by atoms with E-state index in [0.29, 0.717) is 30.5 Å². The molecule has 1 aliphatic rings. The van der Waals surface area contributed by atoms with Gasteiger partial charge in [-0.1, -0.05) is 0 Å². The van der Waals surface area contributed by atoms with Crippen LogP contribution in [0, 0.1) is 0 Å². The van der Waals surface area contributed by atoms with Gasteiger partial charge in [0.1, 0.15) is 11.4 Å². The third-order valence-corrected chi connectivity index (χ3v) is 4.88. The third-order valence-electron chi connectivity index (χ3n) is 4.88. The van der Waals surface area contributed by atoms with Gasteiger partial charge in [-0.3, -0.25) is 0 Å². The molecular formula is C22H27N7O2. The van der Waals surface area contributed by atoms with Crippen molar-refractivity contribution < 1.29 is 9.53 Å². The normalized spacial score (nSPS) is 14.5. The maximum atomic E-state index is 12.2. The lowest BCUT2D eigenvalue weighted by molar-refractivity contribution is 0.0240. The van der Waals surface area contributed by atoms with Gasteiger partial charge < -0.3 is 25.6 Å².